The van der Waals surface area contributed by atoms with Crippen LogP contribution in [0.25, 0.3) is 0 Å². The smallest absolute Gasteiger partial charge is 0.227 e. The summed E-state index contributed by atoms with van der Waals surface area (Å²) < 4.78 is 13.9. The number of pyridine rings is 1. The topological polar surface area (TPSA) is 36.4 Å². The zero-order valence-corrected chi connectivity index (χ0v) is 12.7. The summed E-state index contributed by atoms with van der Waals surface area (Å²) >= 11 is 5.72. The summed E-state index contributed by atoms with van der Waals surface area (Å²) in [6, 6.07) is 1.27. The minimum Gasteiger partial charge on any atom is -0.353 e. The lowest BCUT2D eigenvalue weighted by Crippen LogP contribution is -2.40. The van der Waals surface area contributed by atoms with E-state index in [1.54, 1.807) is 0 Å². The van der Waals surface area contributed by atoms with Gasteiger partial charge in [0.1, 0.15) is 0 Å². The number of amides is 1. The molecular formula is C15H19ClFN3O. The summed E-state index contributed by atoms with van der Waals surface area (Å²) in [4.78, 5) is 20.3. The molecule has 2 saturated heterocycles. The molecule has 1 aromatic heterocycles. The predicted octanol–water partition coefficient (Wildman–Crippen LogP) is 2.71. The van der Waals surface area contributed by atoms with Gasteiger partial charge in [0.2, 0.25) is 5.91 Å². The Balaban J connectivity index is 1.66. The number of aromatic nitrogens is 1. The van der Waals surface area contributed by atoms with Gasteiger partial charge in [0.15, 0.2) is 11.6 Å². The van der Waals surface area contributed by atoms with E-state index < -0.39 is 5.82 Å². The number of nitrogens with zero attached hydrogens (tertiary/aromatic N) is 3. The second-order valence-electron chi connectivity index (χ2n) is 5.78. The van der Waals surface area contributed by atoms with E-state index in [0.717, 1.165) is 32.4 Å². The second-order valence-corrected chi connectivity index (χ2v) is 6.21. The molecule has 1 atom stereocenters. The molecule has 1 amide bonds. The van der Waals surface area contributed by atoms with Crippen LogP contribution in [0.15, 0.2) is 12.3 Å². The molecule has 0 bridgehead atoms. The average molecular weight is 312 g/mol. The monoisotopic (exact) mass is 311 g/mol. The van der Waals surface area contributed by atoms with E-state index in [9.17, 15) is 9.18 Å². The van der Waals surface area contributed by atoms with Crippen LogP contribution in [0.2, 0.25) is 5.02 Å². The number of halogens is 2. The van der Waals surface area contributed by atoms with Gasteiger partial charge in [-0.15, -0.1) is 0 Å². The molecule has 0 spiro atoms. The molecule has 2 fully saturated rings. The minimum atomic E-state index is -0.423. The third-order valence-electron chi connectivity index (χ3n) is 4.29. The van der Waals surface area contributed by atoms with E-state index in [0.29, 0.717) is 18.9 Å². The molecule has 21 heavy (non-hydrogen) atoms. The van der Waals surface area contributed by atoms with Crippen LogP contribution in [0.3, 0.4) is 0 Å². The molecule has 0 N–H and O–H groups in total. The number of hydrogen-bond donors (Lipinski definition) is 0. The van der Waals surface area contributed by atoms with Crippen molar-refractivity contribution in [2.45, 2.75) is 25.7 Å². The maximum absolute atomic E-state index is 13.9. The lowest BCUT2D eigenvalue weighted by atomic mass is 10.0. The Hall–Kier alpha value is -1.36. The third-order valence-corrected chi connectivity index (χ3v) is 4.50. The first kappa shape index (κ1) is 14.6. The Morgan fingerprint density at radius 3 is 2.76 bits per heavy atom. The largest absolute Gasteiger partial charge is 0.353 e. The number of likely N-dealkylation sites (tertiary alicyclic amines) is 1. The molecule has 3 heterocycles. The van der Waals surface area contributed by atoms with Gasteiger partial charge in [-0.2, -0.15) is 0 Å². The van der Waals surface area contributed by atoms with Gasteiger partial charge < -0.3 is 9.80 Å². The molecule has 114 valence electrons. The summed E-state index contributed by atoms with van der Waals surface area (Å²) in [5.41, 5.74) is 0. The standard InChI is InChI=1S/C15H19ClFN3O/c16-12-8-13(17)14(18-9-12)20-7-4-11(10-20)15(21)19-5-2-1-3-6-19/h8-9,11H,1-7,10H2. The molecule has 4 nitrogen and oxygen atoms in total. The van der Waals surface area contributed by atoms with Gasteiger partial charge in [-0.3, -0.25) is 4.79 Å². The summed E-state index contributed by atoms with van der Waals surface area (Å²) in [5.74, 6) is 0.0495. The number of anilines is 1. The first-order valence-corrected chi connectivity index (χ1v) is 7.88. The van der Waals surface area contributed by atoms with Gasteiger partial charge in [-0.25, -0.2) is 9.37 Å². The van der Waals surface area contributed by atoms with E-state index in [4.69, 9.17) is 11.6 Å². The van der Waals surface area contributed by atoms with Gasteiger partial charge >= 0.3 is 0 Å². The van der Waals surface area contributed by atoms with E-state index >= 15 is 0 Å². The summed E-state index contributed by atoms with van der Waals surface area (Å²) in [7, 11) is 0. The van der Waals surface area contributed by atoms with Gasteiger partial charge in [0, 0.05) is 32.4 Å². The molecule has 0 aromatic carbocycles. The Bertz CT molecular complexity index is 534. The number of rotatable bonds is 2. The third kappa shape index (κ3) is 3.12. The van der Waals surface area contributed by atoms with E-state index in [-0.39, 0.29) is 16.8 Å². The average Bonchev–Trinajstić information content (AvgIpc) is 2.97. The fourth-order valence-electron chi connectivity index (χ4n) is 3.17. The van der Waals surface area contributed by atoms with Crippen molar-refractivity contribution in [2.24, 2.45) is 5.92 Å². The van der Waals surface area contributed by atoms with E-state index in [2.05, 4.69) is 4.98 Å². The summed E-state index contributed by atoms with van der Waals surface area (Å²) in [6.07, 6.45) is 5.60. The van der Waals surface area contributed by atoms with Crippen LogP contribution in [-0.4, -0.2) is 42.0 Å². The zero-order valence-electron chi connectivity index (χ0n) is 11.9. The number of piperidine rings is 1. The van der Waals surface area contributed by atoms with Crippen LogP contribution >= 0.6 is 11.6 Å². The lowest BCUT2D eigenvalue weighted by Gasteiger charge is -2.29. The van der Waals surface area contributed by atoms with Crippen LogP contribution in [0.5, 0.6) is 0 Å². The number of hydrogen-bond acceptors (Lipinski definition) is 3. The van der Waals surface area contributed by atoms with Crippen molar-refractivity contribution in [2.75, 3.05) is 31.1 Å². The van der Waals surface area contributed by atoms with Crippen LogP contribution in [0.1, 0.15) is 25.7 Å². The lowest BCUT2D eigenvalue weighted by molar-refractivity contribution is -0.135. The molecular weight excluding hydrogens is 293 g/mol. The highest BCUT2D eigenvalue weighted by molar-refractivity contribution is 6.30. The van der Waals surface area contributed by atoms with Crippen molar-refractivity contribution < 1.29 is 9.18 Å². The van der Waals surface area contributed by atoms with Crippen LogP contribution in [0, 0.1) is 11.7 Å². The van der Waals surface area contributed by atoms with E-state index in [1.165, 1.54) is 18.7 Å². The molecule has 2 aliphatic heterocycles. The van der Waals surface area contributed by atoms with Gasteiger partial charge in [-0.1, -0.05) is 11.6 Å². The molecule has 1 unspecified atom stereocenters. The van der Waals surface area contributed by atoms with Crippen molar-refractivity contribution >= 4 is 23.3 Å². The van der Waals surface area contributed by atoms with Crippen molar-refractivity contribution in [1.82, 2.24) is 9.88 Å². The molecule has 2 aliphatic rings. The Morgan fingerprint density at radius 1 is 1.29 bits per heavy atom. The predicted molar refractivity (Wildman–Crippen MR) is 80.0 cm³/mol. The molecule has 1 aromatic rings. The Morgan fingerprint density at radius 2 is 2.05 bits per heavy atom. The van der Waals surface area contributed by atoms with Crippen LogP contribution in [0.4, 0.5) is 10.2 Å². The highest BCUT2D eigenvalue weighted by Crippen LogP contribution is 2.27. The highest BCUT2D eigenvalue weighted by Gasteiger charge is 2.33. The highest BCUT2D eigenvalue weighted by atomic mass is 35.5. The van der Waals surface area contributed by atoms with Gasteiger partial charge in [0.05, 0.1) is 10.9 Å². The first-order chi connectivity index (χ1) is 10.1. The SMILES string of the molecule is O=C(C1CCN(c2ncc(Cl)cc2F)C1)N1CCCCC1. The van der Waals surface area contributed by atoms with Crippen molar-refractivity contribution in [3.63, 3.8) is 0 Å². The molecule has 6 heteroatoms. The summed E-state index contributed by atoms with van der Waals surface area (Å²) in [6.45, 7) is 2.93. The first-order valence-electron chi connectivity index (χ1n) is 7.50. The zero-order chi connectivity index (χ0) is 14.8. The van der Waals surface area contributed by atoms with Gasteiger partial charge in [0.25, 0.3) is 0 Å². The number of carbonyl (C=O) groups is 1. The summed E-state index contributed by atoms with van der Waals surface area (Å²) in [5, 5.41) is 0.288. The normalized spacial score (nSPS) is 22.7. The molecule has 0 saturated carbocycles. The van der Waals surface area contributed by atoms with Crippen LogP contribution < -0.4 is 4.90 Å². The van der Waals surface area contributed by atoms with Gasteiger partial charge in [-0.05, 0) is 31.7 Å². The number of carbonyl (C=O) groups excluding carboxylic acids is 1. The fourth-order valence-corrected chi connectivity index (χ4v) is 3.31. The minimum absolute atomic E-state index is 0.0417. The molecule has 3 rings (SSSR count). The maximum Gasteiger partial charge on any atom is 0.227 e. The van der Waals surface area contributed by atoms with Crippen molar-refractivity contribution in [3.8, 4) is 0 Å². The Kier molecular flexibility index (Phi) is 4.29. The van der Waals surface area contributed by atoms with Crippen molar-refractivity contribution in [1.29, 1.82) is 0 Å². The van der Waals surface area contributed by atoms with E-state index in [1.807, 2.05) is 9.80 Å². The second kappa shape index (κ2) is 6.18. The fraction of sp³-hybridized carbons (Fsp3) is 0.600. The Labute approximate surface area is 128 Å². The maximum atomic E-state index is 13.9. The van der Waals surface area contributed by atoms with Crippen LogP contribution in [-0.2, 0) is 4.79 Å². The van der Waals surface area contributed by atoms with Crippen molar-refractivity contribution in [3.05, 3.63) is 23.1 Å². The quantitative estimate of drug-likeness (QED) is 0.842. The molecule has 0 radical (unpaired) electrons. The molecule has 0 aliphatic carbocycles.